The van der Waals surface area contributed by atoms with Crippen molar-refractivity contribution in [3.8, 4) is 0 Å². The Morgan fingerprint density at radius 1 is 1.16 bits per heavy atom. The predicted molar refractivity (Wildman–Crippen MR) is 77.8 cm³/mol. The molecule has 0 aliphatic carbocycles. The van der Waals surface area contributed by atoms with Gasteiger partial charge in [0.15, 0.2) is 0 Å². The van der Waals surface area contributed by atoms with Crippen molar-refractivity contribution in [2.75, 3.05) is 19.8 Å². The largest absolute Gasteiger partial charge is 0.379 e. The lowest BCUT2D eigenvalue weighted by molar-refractivity contribution is 0.107. The van der Waals surface area contributed by atoms with E-state index in [4.69, 9.17) is 4.74 Å². The van der Waals surface area contributed by atoms with Crippen LogP contribution >= 0.6 is 0 Å². The first-order valence-corrected chi connectivity index (χ1v) is 7.35. The minimum absolute atomic E-state index is 0.0580. The Hall–Kier alpha value is -0.930. The molecule has 3 heteroatoms. The summed E-state index contributed by atoms with van der Waals surface area (Å²) < 4.78 is 19.4. The molecule has 1 atom stereocenters. The lowest BCUT2D eigenvalue weighted by Gasteiger charge is -2.19. The number of benzene rings is 1. The molecule has 1 unspecified atom stereocenters. The van der Waals surface area contributed by atoms with Crippen molar-refractivity contribution in [2.45, 2.75) is 45.6 Å². The highest BCUT2D eigenvalue weighted by molar-refractivity contribution is 5.21. The van der Waals surface area contributed by atoms with Crippen LogP contribution in [0.1, 0.15) is 51.1 Å². The molecule has 0 aliphatic rings. The fourth-order valence-electron chi connectivity index (χ4n) is 2.09. The summed E-state index contributed by atoms with van der Waals surface area (Å²) in [5.41, 5.74) is 0.693. The zero-order chi connectivity index (χ0) is 13.9. The number of unbranched alkanes of at least 4 members (excludes halogenated alkanes) is 3. The molecule has 0 bridgehead atoms. The maximum absolute atomic E-state index is 13.7. The van der Waals surface area contributed by atoms with Crippen molar-refractivity contribution in [1.29, 1.82) is 0 Å². The average Bonchev–Trinajstić information content (AvgIpc) is 2.42. The van der Waals surface area contributed by atoms with Crippen LogP contribution in [0.15, 0.2) is 24.3 Å². The molecule has 0 radical (unpaired) electrons. The van der Waals surface area contributed by atoms with Gasteiger partial charge in [0, 0.05) is 12.2 Å². The first-order chi connectivity index (χ1) is 9.29. The van der Waals surface area contributed by atoms with Crippen molar-refractivity contribution in [1.82, 2.24) is 5.32 Å². The molecular weight excluding hydrogens is 241 g/mol. The van der Waals surface area contributed by atoms with E-state index in [9.17, 15) is 4.39 Å². The van der Waals surface area contributed by atoms with E-state index in [1.54, 1.807) is 6.07 Å². The van der Waals surface area contributed by atoms with Gasteiger partial charge in [0.05, 0.1) is 12.6 Å². The van der Waals surface area contributed by atoms with Gasteiger partial charge in [0.1, 0.15) is 5.82 Å². The second kappa shape index (κ2) is 9.93. The van der Waals surface area contributed by atoms with E-state index in [0.29, 0.717) is 12.2 Å². The van der Waals surface area contributed by atoms with E-state index in [1.807, 2.05) is 19.1 Å². The van der Waals surface area contributed by atoms with Gasteiger partial charge in [0.2, 0.25) is 0 Å². The zero-order valence-corrected chi connectivity index (χ0v) is 12.1. The number of likely N-dealkylation sites (N-methyl/N-ethyl adjacent to an activating group) is 1. The first-order valence-electron chi connectivity index (χ1n) is 7.35. The third-order valence-corrected chi connectivity index (χ3v) is 3.16. The number of halogens is 1. The zero-order valence-electron chi connectivity index (χ0n) is 12.1. The molecule has 1 aromatic carbocycles. The highest BCUT2D eigenvalue weighted by atomic mass is 19.1. The SMILES string of the molecule is CCCCCCOCC(NCC)c1ccccc1F. The lowest BCUT2D eigenvalue weighted by Crippen LogP contribution is -2.26. The average molecular weight is 267 g/mol. The quantitative estimate of drug-likeness (QED) is 0.645. The second-order valence-electron chi connectivity index (χ2n) is 4.77. The molecule has 0 aliphatic heterocycles. The fraction of sp³-hybridized carbons (Fsp3) is 0.625. The van der Waals surface area contributed by atoms with Gasteiger partial charge in [-0.05, 0) is 19.0 Å². The van der Waals surface area contributed by atoms with Crippen LogP contribution in [0.2, 0.25) is 0 Å². The molecule has 0 saturated carbocycles. The van der Waals surface area contributed by atoms with Crippen LogP contribution in [0.4, 0.5) is 4.39 Å². The van der Waals surface area contributed by atoms with Crippen LogP contribution in [0.5, 0.6) is 0 Å². The standard InChI is InChI=1S/C16H26FNO/c1-3-5-6-9-12-19-13-16(18-4-2)14-10-7-8-11-15(14)17/h7-8,10-11,16,18H,3-6,9,12-13H2,1-2H3. The minimum Gasteiger partial charge on any atom is -0.379 e. The van der Waals surface area contributed by atoms with Crippen molar-refractivity contribution in [3.63, 3.8) is 0 Å². The van der Waals surface area contributed by atoms with E-state index in [1.165, 1.54) is 25.3 Å². The van der Waals surface area contributed by atoms with Crippen molar-refractivity contribution in [2.24, 2.45) is 0 Å². The summed E-state index contributed by atoms with van der Waals surface area (Å²) in [7, 11) is 0. The van der Waals surface area contributed by atoms with Crippen LogP contribution in [0, 0.1) is 5.82 Å². The number of nitrogens with one attached hydrogen (secondary N) is 1. The molecule has 0 fully saturated rings. The summed E-state index contributed by atoms with van der Waals surface area (Å²) in [5, 5.41) is 3.28. The van der Waals surface area contributed by atoms with E-state index in [-0.39, 0.29) is 11.9 Å². The summed E-state index contributed by atoms with van der Waals surface area (Å²) >= 11 is 0. The number of hydrogen-bond donors (Lipinski definition) is 1. The van der Waals surface area contributed by atoms with E-state index < -0.39 is 0 Å². The van der Waals surface area contributed by atoms with Gasteiger partial charge in [-0.3, -0.25) is 0 Å². The molecule has 2 nitrogen and oxygen atoms in total. The lowest BCUT2D eigenvalue weighted by atomic mass is 10.1. The van der Waals surface area contributed by atoms with Gasteiger partial charge in [-0.2, -0.15) is 0 Å². The number of hydrogen-bond acceptors (Lipinski definition) is 2. The molecule has 1 rings (SSSR count). The maximum Gasteiger partial charge on any atom is 0.128 e. The Morgan fingerprint density at radius 3 is 2.63 bits per heavy atom. The molecule has 1 N–H and O–H groups in total. The Morgan fingerprint density at radius 2 is 1.95 bits per heavy atom. The van der Waals surface area contributed by atoms with Crippen LogP contribution in [-0.4, -0.2) is 19.8 Å². The third-order valence-electron chi connectivity index (χ3n) is 3.16. The van der Waals surface area contributed by atoms with Gasteiger partial charge < -0.3 is 10.1 Å². The van der Waals surface area contributed by atoms with Crippen LogP contribution in [0.3, 0.4) is 0 Å². The summed E-state index contributed by atoms with van der Waals surface area (Å²) in [6.07, 6.45) is 4.79. The summed E-state index contributed by atoms with van der Waals surface area (Å²) in [4.78, 5) is 0. The summed E-state index contributed by atoms with van der Waals surface area (Å²) in [5.74, 6) is -0.164. The van der Waals surface area contributed by atoms with Crippen LogP contribution in [-0.2, 0) is 4.74 Å². The summed E-state index contributed by atoms with van der Waals surface area (Å²) in [6.45, 7) is 6.31. The minimum atomic E-state index is -0.164. The van der Waals surface area contributed by atoms with Crippen LogP contribution in [0.25, 0.3) is 0 Å². The van der Waals surface area contributed by atoms with Crippen molar-refractivity contribution in [3.05, 3.63) is 35.6 Å². The molecule has 1 aromatic rings. The molecule has 19 heavy (non-hydrogen) atoms. The van der Waals surface area contributed by atoms with E-state index in [0.717, 1.165) is 19.6 Å². The number of ether oxygens (including phenoxy) is 1. The Labute approximate surface area is 116 Å². The Balaban J connectivity index is 2.39. The van der Waals surface area contributed by atoms with Crippen molar-refractivity contribution >= 4 is 0 Å². The normalized spacial score (nSPS) is 12.6. The highest BCUT2D eigenvalue weighted by Gasteiger charge is 2.14. The third kappa shape index (κ3) is 6.17. The van der Waals surface area contributed by atoms with Gasteiger partial charge in [0.25, 0.3) is 0 Å². The molecule has 0 amide bonds. The maximum atomic E-state index is 13.7. The fourth-order valence-corrected chi connectivity index (χ4v) is 2.09. The smallest absolute Gasteiger partial charge is 0.128 e. The Kier molecular flexibility index (Phi) is 8.43. The van der Waals surface area contributed by atoms with Gasteiger partial charge in [-0.15, -0.1) is 0 Å². The molecular formula is C16H26FNO. The Bertz CT molecular complexity index is 343. The molecule has 0 aromatic heterocycles. The predicted octanol–water partition coefficient (Wildman–Crippen LogP) is 4.07. The first kappa shape index (κ1) is 16.1. The van der Waals surface area contributed by atoms with E-state index in [2.05, 4.69) is 12.2 Å². The number of rotatable bonds is 10. The second-order valence-corrected chi connectivity index (χ2v) is 4.77. The monoisotopic (exact) mass is 267 g/mol. The topological polar surface area (TPSA) is 21.3 Å². The molecule has 108 valence electrons. The van der Waals surface area contributed by atoms with E-state index >= 15 is 0 Å². The van der Waals surface area contributed by atoms with Gasteiger partial charge >= 0.3 is 0 Å². The van der Waals surface area contributed by atoms with Gasteiger partial charge in [-0.25, -0.2) is 4.39 Å². The molecule has 0 saturated heterocycles. The van der Waals surface area contributed by atoms with Gasteiger partial charge in [-0.1, -0.05) is 51.3 Å². The molecule has 0 heterocycles. The summed E-state index contributed by atoms with van der Waals surface area (Å²) in [6, 6.07) is 6.85. The van der Waals surface area contributed by atoms with Crippen molar-refractivity contribution < 1.29 is 9.13 Å². The highest BCUT2D eigenvalue weighted by Crippen LogP contribution is 2.17. The molecule has 0 spiro atoms. The van der Waals surface area contributed by atoms with Crippen LogP contribution < -0.4 is 5.32 Å².